The first kappa shape index (κ1) is 18.9. The van der Waals surface area contributed by atoms with Gasteiger partial charge in [-0.15, -0.1) is 0 Å². The molecule has 1 fully saturated rings. The second-order valence-corrected chi connectivity index (χ2v) is 7.42. The third-order valence-electron chi connectivity index (χ3n) is 4.94. The van der Waals surface area contributed by atoms with Crippen LogP contribution in [-0.2, 0) is 17.9 Å². The van der Waals surface area contributed by atoms with Crippen molar-refractivity contribution in [2.75, 3.05) is 18.4 Å². The fourth-order valence-corrected chi connectivity index (χ4v) is 3.53. The van der Waals surface area contributed by atoms with Gasteiger partial charge in [-0.2, -0.15) is 5.10 Å². The molecule has 140 valence electrons. The predicted octanol–water partition coefficient (Wildman–Crippen LogP) is 4.17. The molecular formula is C20H27ClN4O. The number of aryl methyl sites for hydroxylation is 2. The van der Waals surface area contributed by atoms with Gasteiger partial charge in [0.2, 0.25) is 5.91 Å². The van der Waals surface area contributed by atoms with Crippen LogP contribution in [0.4, 0.5) is 5.69 Å². The molecule has 1 aromatic heterocycles. The Morgan fingerprint density at radius 3 is 2.46 bits per heavy atom. The lowest BCUT2D eigenvalue weighted by atomic mass is 10.1. The van der Waals surface area contributed by atoms with Crippen molar-refractivity contribution in [2.45, 2.75) is 52.6 Å². The summed E-state index contributed by atoms with van der Waals surface area (Å²) in [5, 5.41) is 7.99. The summed E-state index contributed by atoms with van der Waals surface area (Å²) in [7, 11) is 0. The molecule has 1 aromatic carbocycles. The molecule has 3 rings (SSSR count). The molecule has 0 bridgehead atoms. The smallest absolute Gasteiger partial charge is 0.226 e. The van der Waals surface area contributed by atoms with Crippen molar-refractivity contribution in [1.29, 1.82) is 0 Å². The average Bonchev–Trinajstić information content (AvgIpc) is 2.89. The van der Waals surface area contributed by atoms with E-state index >= 15 is 0 Å². The predicted molar refractivity (Wildman–Crippen MR) is 106 cm³/mol. The van der Waals surface area contributed by atoms with E-state index in [9.17, 15) is 4.79 Å². The molecule has 2 aromatic rings. The first-order chi connectivity index (χ1) is 12.5. The lowest BCUT2D eigenvalue weighted by Crippen LogP contribution is -2.29. The fraction of sp³-hybridized carbons (Fsp3) is 0.500. The van der Waals surface area contributed by atoms with Gasteiger partial charge < -0.3 is 5.32 Å². The van der Waals surface area contributed by atoms with Crippen molar-refractivity contribution in [2.24, 2.45) is 0 Å². The number of hydrogen-bond acceptors (Lipinski definition) is 3. The van der Waals surface area contributed by atoms with Crippen molar-refractivity contribution in [3.8, 4) is 0 Å². The fourth-order valence-electron chi connectivity index (χ4n) is 3.39. The van der Waals surface area contributed by atoms with E-state index in [1.165, 1.54) is 37.9 Å². The van der Waals surface area contributed by atoms with Crippen LogP contribution < -0.4 is 5.32 Å². The second-order valence-electron chi connectivity index (χ2n) is 7.04. The number of halogens is 1. The minimum absolute atomic E-state index is 0.0162. The van der Waals surface area contributed by atoms with Crippen molar-refractivity contribution >= 4 is 23.2 Å². The van der Waals surface area contributed by atoms with Gasteiger partial charge in [0.1, 0.15) is 0 Å². The summed E-state index contributed by atoms with van der Waals surface area (Å²) >= 11 is 6.14. The Morgan fingerprint density at radius 1 is 1.15 bits per heavy atom. The second kappa shape index (κ2) is 8.69. The van der Waals surface area contributed by atoms with Crippen LogP contribution >= 0.6 is 11.6 Å². The largest absolute Gasteiger partial charge is 0.326 e. The Bertz CT molecular complexity index is 748. The zero-order chi connectivity index (χ0) is 18.5. The first-order valence-electron chi connectivity index (χ1n) is 9.33. The summed E-state index contributed by atoms with van der Waals surface area (Å²) in [6, 6.07) is 8.17. The lowest BCUT2D eigenvalue weighted by molar-refractivity contribution is -0.116. The molecule has 5 nitrogen and oxygen atoms in total. The molecule has 0 radical (unpaired) electrons. The van der Waals surface area contributed by atoms with Crippen LogP contribution in [0.5, 0.6) is 0 Å². The van der Waals surface area contributed by atoms with Gasteiger partial charge in [0.15, 0.2) is 0 Å². The van der Waals surface area contributed by atoms with E-state index < -0.39 is 0 Å². The van der Waals surface area contributed by atoms with Gasteiger partial charge in [-0.3, -0.25) is 14.4 Å². The zero-order valence-electron chi connectivity index (χ0n) is 15.6. The van der Waals surface area contributed by atoms with Crippen molar-refractivity contribution in [1.82, 2.24) is 14.7 Å². The van der Waals surface area contributed by atoms with E-state index in [2.05, 4.69) is 27.4 Å². The van der Waals surface area contributed by atoms with Crippen LogP contribution in [0, 0.1) is 13.8 Å². The molecular weight excluding hydrogens is 348 g/mol. The van der Waals surface area contributed by atoms with Crippen LogP contribution in [0.3, 0.4) is 0 Å². The van der Waals surface area contributed by atoms with Gasteiger partial charge in [0.25, 0.3) is 0 Å². The van der Waals surface area contributed by atoms with Gasteiger partial charge in [-0.25, -0.2) is 0 Å². The number of carbonyl (C=O) groups excluding carboxylic acids is 1. The van der Waals surface area contributed by atoms with Gasteiger partial charge in [0, 0.05) is 18.7 Å². The van der Waals surface area contributed by atoms with Gasteiger partial charge in [-0.1, -0.05) is 30.2 Å². The first-order valence-corrected chi connectivity index (χ1v) is 9.71. The van der Waals surface area contributed by atoms with Crippen LogP contribution in [0.1, 0.15) is 42.6 Å². The van der Waals surface area contributed by atoms with Crippen molar-refractivity contribution < 1.29 is 4.79 Å². The van der Waals surface area contributed by atoms with Crippen LogP contribution in [0.15, 0.2) is 24.3 Å². The maximum Gasteiger partial charge on any atom is 0.226 e. The van der Waals surface area contributed by atoms with E-state index in [1.54, 1.807) is 4.68 Å². The number of likely N-dealkylation sites (tertiary alicyclic amines) is 1. The average molecular weight is 375 g/mol. The minimum Gasteiger partial charge on any atom is -0.326 e. The number of amides is 1. The Balaban J connectivity index is 1.48. The molecule has 0 saturated carbocycles. The Morgan fingerprint density at radius 2 is 1.85 bits per heavy atom. The van der Waals surface area contributed by atoms with Crippen molar-refractivity contribution in [3.63, 3.8) is 0 Å². The normalized spacial score (nSPS) is 15.2. The van der Waals surface area contributed by atoms with E-state index in [1.807, 2.05) is 26.0 Å². The van der Waals surface area contributed by atoms with E-state index in [-0.39, 0.29) is 5.91 Å². The third-order valence-corrected chi connectivity index (χ3v) is 5.48. The number of rotatable bonds is 6. The quantitative estimate of drug-likeness (QED) is 0.825. The molecule has 1 amide bonds. The van der Waals surface area contributed by atoms with E-state index in [0.29, 0.717) is 18.0 Å². The monoisotopic (exact) mass is 374 g/mol. The highest BCUT2D eigenvalue weighted by molar-refractivity contribution is 6.31. The number of anilines is 1. The maximum atomic E-state index is 12.2. The summed E-state index contributed by atoms with van der Waals surface area (Å²) < 4.78 is 1.79. The molecule has 1 saturated heterocycles. The van der Waals surface area contributed by atoms with Gasteiger partial charge >= 0.3 is 0 Å². The maximum absolute atomic E-state index is 12.2. The minimum atomic E-state index is -0.0162. The SMILES string of the molecule is Cc1nn(CCC(=O)Nc2ccc(CN3CCCCC3)cc2)c(C)c1Cl. The highest BCUT2D eigenvalue weighted by Gasteiger charge is 2.12. The van der Waals surface area contributed by atoms with Crippen LogP contribution in [0.2, 0.25) is 5.02 Å². The Hall–Kier alpha value is -1.85. The highest BCUT2D eigenvalue weighted by Crippen LogP contribution is 2.19. The number of aromatic nitrogens is 2. The summed E-state index contributed by atoms with van der Waals surface area (Å²) in [6.45, 7) is 7.69. The lowest BCUT2D eigenvalue weighted by Gasteiger charge is -2.26. The molecule has 0 atom stereocenters. The summed E-state index contributed by atoms with van der Waals surface area (Å²) in [5.74, 6) is -0.0162. The number of hydrogen-bond donors (Lipinski definition) is 1. The summed E-state index contributed by atoms with van der Waals surface area (Å²) in [6.07, 6.45) is 4.32. The van der Waals surface area contributed by atoms with Crippen LogP contribution in [0.25, 0.3) is 0 Å². The third kappa shape index (κ3) is 4.86. The van der Waals surface area contributed by atoms with E-state index in [0.717, 1.165) is 23.6 Å². The zero-order valence-corrected chi connectivity index (χ0v) is 16.4. The summed E-state index contributed by atoms with van der Waals surface area (Å²) in [5.41, 5.74) is 3.83. The number of benzene rings is 1. The molecule has 1 aliphatic heterocycles. The number of piperidine rings is 1. The highest BCUT2D eigenvalue weighted by atomic mass is 35.5. The standard InChI is InChI=1S/C20H27ClN4O/c1-15-20(21)16(2)25(23-15)13-10-19(26)22-18-8-6-17(7-9-18)14-24-11-4-3-5-12-24/h6-9H,3-5,10-14H2,1-2H3,(H,22,26). The molecule has 1 aliphatic rings. The Kier molecular flexibility index (Phi) is 6.33. The topological polar surface area (TPSA) is 50.2 Å². The van der Waals surface area contributed by atoms with Gasteiger partial charge in [-0.05, 0) is 57.5 Å². The van der Waals surface area contributed by atoms with E-state index in [4.69, 9.17) is 11.6 Å². The van der Waals surface area contributed by atoms with Gasteiger partial charge in [0.05, 0.1) is 23.0 Å². The van der Waals surface area contributed by atoms with Crippen LogP contribution in [-0.4, -0.2) is 33.7 Å². The Labute approximate surface area is 160 Å². The number of nitrogens with one attached hydrogen (secondary N) is 1. The summed E-state index contributed by atoms with van der Waals surface area (Å²) in [4.78, 5) is 14.7. The molecule has 2 heterocycles. The molecule has 0 spiro atoms. The molecule has 0 aliphatic carbocycles. The molecule has 0 unspecified atom stereocenters. The number of carbonyl (C=O) groups is 1. The molecule has 26 heavy (non-hydrogen) atoms. The number of nitrogens with zero attached hydrogens (tertiary/aromatic N) is 3. The van der Waals surface area contributed by atoms with Crippen molar-refractivity contribution in [3.05, 3.63) is 46.2 Å². The molecule has 6 heteroatoms. The molecule has 1 N–H and O–H groups in total.